The van der Waals surface area contributed by atoms with Crippen molar-refractivity contribution in [1.82, 2.24) is 15.0 Å². The van der Waals surface area contributed by atoms with Gasteiger partial charge in [-0.2, -0.15) is 0 Å². The lowest BCUT2D eigenvalue weighted by molar-refractivity contribution is 1.14. The topological polar surface area (TPSA) is 73.6 Å². The number of benzene rings is 2. The number of H-pyrrole nitrogens is 2. The van der Waals surface area contributed by atoms with Crippen LogP contribution in [0, 0.1) is 6.92 Å². The van der Waals surface area contributed by atoms with Gasteiger partial charge in [0.15, 0.2) is 0 Å². The Morgan fingerprint density at radius 2 is 1.88 bits per heavy atom. The fourth-order valence-electron chi connectivity index (χ4n) is 3.04. The lowest BCUT2D eigenvalue weighted by atomic mass is 10.0. The van der Waals surface area contributed by atoms with E-state index in [2.05, 4.69) is 38.5 Å². The van der Waals surface area contributed by atoms with Gasteiger partial charge < -0.3 is 15.3 Å². The van der Waals surface area contributed by atoms with Gasteiger partial charge in [0.05, 0.1) is 16.7 Å². The first-order valence-electron chi connectivity index (χ1n) is 8.15. The van der Waals surface area contributed by atoms with Crippen molar-refractivity contribution in [1.29, 1.82) is 0 Å². The second-order valence-corrected chi connectivity index (χ2v) is 6.04. The molecule has 124 valence electrons. The van der Waals surface area contributed by atoms with Crippen LogP contribution in [0.4, 0.5) is 5.69 Å². The third-order valence-corrected chi connectivity index (χ3v) is 4.34. The lowest BCUT2D eigenvalue weighted by Gasteiger charge is -2.10. The highest BCUT2D eigenvalue weighted by molar-refractivity contribution is 5.86. The molecule has 2 heterocycles. The van der Waals surface area contributed by atoms with E-state index in [1.165, 1.54) is 5.56 Å². The van der Waals surface area contributed by atoms with Gasteiger partial charge in [-0.05, 0) is 35.7 Å². The second-order valence-electron chi connectivity index (χ2n) is 6.04. The van der Waals surface area contributed by atoms with Crippen LogP contribution in [0.3, 0.4) is 0 Å². The highest BCUT2D eigenvalue weighted by Gasteiger charge is 2.09. The van der Waals surface area contributed by atoms with Gasteiger partial charge in [0.1, 0.15) is 0 Å². The number of aryl methyl sites for hydroxylation is 1. The summed E-state index contributed by atoms with van der Waals surface area (Å²) in [6.07, 6.45) is 3.66. The van der Waals surface area contributed by atoms with Gasteiger partial charge in [-0.25, -0.2) is 4.79 Å². The molecular formula is C20H18N4O. The maximum absolute atomic E-state index is 11.5. The highest BCUT2D eigenvalue weighted by atomic mass is 16.1. The van der Waals surface area contributed by atoms with Gasteiger partial charge in [-0.1, -0.05) is 36.4 Å². The van der Waals surface area contributed by atoms with Crippen molar-refractivity contribution in [3.05, 3.63) is 82.5 Å². The Bertz CT molecular complexity index is 1080. The van der Waals surface area contributed by atoms with Crippen LogP contribution in [0.2, 0.25) is 0 Å². The molecule has 0 amide bonds. The maximum atomic E-state index is 11.5. The molecule has 0 saturated heterocycles. The van der Waals surface area contributed by atoms with Gasteiger partial charge in [0.2, 0.25) is 0 Å². The van der Waals surface area contributed by atoms with Gasteiger partial charge in [-0.15, -0.1) is 0 Å². The molecule has 0 bridgehead atoms. The van der Waals surface area contributed by atoms with Crippen molar-refractivity contribution in [2.24, 2.45) is 0 Å². The van der Waals surface area contributed by atoms with Gasteiger partial charge in [0.25, 0.3) is 0 Å². The smallest absolute Gasteiger partial charge is 0.323 e. The molecule has 4 aromatic rings. The number of hydrogen-bond donors (Lipinski definition) is 3. The SMILES string of the molecule is Cc1c(-c2cncc(NCc3ccccc3)c2)ccc2[nH]c(=O)[nH]c12. The summed E-state index contributed by atoms with van der Waals surface area (Å²) in [5.41, 5.74) is 6.74. The monoisotopic (exact) mass is 330 g/mol. The average molecular weight is 330 g/mol. The van der Waals surface area contributed by atoms with Crippen LogP contribution in [-0.4, -0.2) is 15.0 Å². The molecular weight excluding hydrogens is 312 g/mol. The molecule has 2 aromatic carbocycles. The largest absolute Gasteiger partial charge is 0.380 e. The van der Waals surface area contributed by atoms with E-state index in [1.807, 2.05) is 49.6 Å². The first-order chi connectivity index (χ1) is 12.2. The number of pyridine rings is 1. The van der Waals surface area contributed by atoms with Crippen molar-refractivity contribution in [3.63, 3.8) is 0 Å². The van der Waals surface area contributed by atoms with Crippen LogP contribution in [0.1, 0.15) is 11.1 Å². The summed E-state index contributed by atoms with van der Waals surface area (Å²) >= 11 is 0. The number of nitrogens with zero attached hydrogens (tertiary/aromatic N) is 1. The Labute approximate surface area is 144 Å². The molecule has 0 spiro atoms. The molecule has 5 heteroatoms. The zero-order valence-corrected chi connectivity index (χ0v) is 13.8. The van der Waals surface area contributed by atoms with Gasteiger partial charge in [-0.3, -0.25) is 4.98 Å². The van der Waals surface area contributed by atoms with Crippen LogP contribution in [-0.2, 0) is 6.54 Å². The number of anilines is 1. The van der Waals surface area contributed by atoms with Crippen molar-refractivity contribution in [2.75, 3.05) is 5.32 Å². The van der Waals surface area contributed by atoms with E-state index < -0.39 is 0 Å². The normalized spacial score (nSPS) is 10.9. The van der Waals surface area contributed by atoms with E-state index >= 15 is 0 Å². The predicted octanol–water partition coefficient (Wildman–Crippen LogP) is 3.84. The molecule has 2 aromatic heterocycles. The van der Waals surface area contributed by atoms with Crippen molar-refractivity contribution < 1.29 is 0 Å². The summed E-state index contributed by atoms with van der Waals surface area (Å²) in [7, 11) is 0. The molecule has 0 aliphatic carbocycles. The van der Waals surface area contributed by atoms with Crippen LogP contribution in [0.5, 0.6) is 0 Å². The van der Waals surface area contributed by atoms with Gasteiger partial charge >= 0.3 is 5.69 Å². The Hall–Kier alpha value is -3.34. The molecule has 0 aliphatic heterocycles. The van der Waals surface area contributed by atoms with Crippen molar-refractivity contribution >= 4 is 16.7 Å². The molecule has 3 N–H and O–H groups in total. The van der Waals surface area contributed by atoms with E-state index in [0.717, 1.165) is 40.0 Å². The fourth-order valence-corrected chi connectivity index (χ4v) is 3.04. The Morgan fingerprint density at radius 3 is 2.72 bits per heavy atom. The summed E-state index contributed by atoms with van der Waals surface area (Å²) in [5.74, 6) is 0. The third-order valence-electron chi connectivity index (χ3n) is 4.34. The zero-order chi connectivity index (χ0) is 17.2. The Balaban J connectivity index is 1.65. The fraction of sp³-hybridized carbons (Fsp3) is 0.100. The molecule has 0 fully saturated rings. The molecule has 0 aliphatic rings. The first kappa shape index (κ1) is 15.2. The standard InChI is InChI=1S/C20H18N4O/c1-13-17(7-8-18-19(13)24-20(25)23-18)15-9-16(12-21-11-15)22-10-14-5-3-2-4-6-14/h2-9,11-12,22H,10H2,1H3,(H2,23,24,25). The van der Waals surface area contributed by atoms with E-state index in [1.54, 1.807) is 0 Å². The van der Waals surface area contributed by atoms with Gasteiger partial charge in [0, 0.05) is 24.5 Å². The molecule has 4 rings (SSSR count). The first-order valence-corrected chi connectivity index (χ1v) is 8.15. The predicted molar refractivity (Wildman–Crippen MR) is 101 cm³/mol. The van der Waals surface area contributed by atoms with Crippen molar-refractivity contribution in [2.45, 2.75) is 13.5 Å². The number of aromatic amines is 2. The van der Waals surface area contributed by atoms with E-state index in [9.17, 15) is 4.79 Å². The maximum Gasteiger partial charge on any atom is 0.323 e. The summed E-state index contributed by atoms with van der Waals surface area (Å²) in [6.45, 7) is 2.75. The zero-order valence-electron chi connectivity index (χ0n) is 13.8. The number of fused-ring (bicyclic) bond motifs is 1. The molecule has 0 atom stereocenters. The minimum Gasteiger partial charge on any atom is -0.380 e. The summed E-state index contributed by atoms with van der Waals surface area (Å²) in [6, 6.07) is 16.3. The Morgan fingerprint density at radius 1 is 1.04 bits per heavy atom. The number of rotatable bonds is 4. The summed E-state index contributed by atoms with van der Waals surface area (Å²) < 4.78 is 0. The number of hydrogen-bond acceptors (Lipinski definition) is 3. The Kier molecular flexibility index (Phi) is 3.82. The van der Waals surface area contributed by atoms with E-state index in [4.69, 9.17) is 0 Å². The van der Waals surface area contributed by atoms with Crippen LogP contribution in [0.25, 0.3) is 22.2 Å². The molecule has 25 heavy (non-hydrogen) atoms. The molecule has 5 nitrogen and oxygen atoms in total. The second kappa shape index (κ2) is 6.28. The highest BCUT2D eigenvalue weighted by Crippen LogP contribution is 2.28. The van der Waals surface area contributed by atoms with Crippen LogP contribution >= 0.6 is 0 Å². The van der Waals surface area contributed by atoms with Crippen LogP contribution < -0.4 is 11.0 Å². The third kappa shape index (κ3) is 3.04. The average Bonchev–Trinajstić information content (AvgIpc) is 3.03. The number of nitrogens with one attached hydrogen (secondary N) is 3. The molecule has 0 saturated carbocycles. The molecule has 0 radical (unpaired) electrons. The minimum atomic E-state index is -0.188. The van der Waals surface area contributed by atoms with Crippen LogP contribution in [0.15, 0.2) is 65.7 Å². The number of aromatic nitrogens is 3. The van der Waals surface area contributed by atoms with E-state index in [0.29, 0.717) is 0 Å². The summed E-state index contributed by atoms with van der Waals surface area (Å²) in [4.78, 5) is 21.5. The number of imidazole rings is 1. The van der Waals surface area contributed by atoms with E-state index in [-0.39, 0.29) is 5.69 Å². The quantitative estimate of drug-likeness (QED) is 0.532. The van der Waals surface area contributed by atoms with Crippen molar-refractivity contribution in [3.8, 4) is 11.1 Å². The summed E-state index contributed by atoms with van der Waals surface area (Å²) in [5, 5.41) is 3.41. The molecule has 0 unspecified atom stereocenters. The minimum absolute atomic E-state index is 0.188. The lowest BCUT2D eigenvalue weighted by Crippen LogP contribution is -2.00.